The normalized spacial score (nSPS) is 29.9. The molecular formula is C11H18N2. The molecule has 0 N–H and O–H groups in total. The zero-order chi connectivity index (χ0) is 9.53. The van der Waals surface area contributed by atoms with Crippen LogP contribution in [-0.2, 0) is 0 Å². The summed E-state index contributed by atoms with van der Waals surface area (Å²) in [5, 5.41) is 8.97. The molecule has 0 spiro atoms. The van der Waals surface area contributed by atoms with Gasteiger partial charge in [0.1, 0.15) is 0 Å². The highest BCUT2D eigenvalue weighted by Crippen LogP contribution is 2.46. The maximum atomic E-state index is 8.97. The van der Waals surface area contributed by atoms with Crippen molar-refractivity contribution >= 4 is 0 Å². The van der Waals surface area contributed by atoms with Gasteiger partial charge in [0.2, 0.25) is 0 Å². The van der Waals surface area contributed by atoms with E-state index in [9.17, 15) is 0 Å². The van der Waals surface area contributed by atoms with Crippen LogP contribution < -0.4 is 0 Å². The van der Waals surface area contributed by atoms with E-state index in [1.807, 2.05) is 0 Å². The van der Waals surface area contributed by atoms with E-state index in [1.165, 1.54) is 19.5 Å². The molecule has 2 aliphatic rings. The predicted molar refractivity (Wildman–Crippen MR) is 52.1 cm³/mol. The van der Waals surface area contributed by atoms with E-state index in [0.717, 1.165) is 19.4 Å². The molecule has 0 bridgehead atoms. The highest BCUT2D eigenvalue weighted by Gasteiger charge is 2.46. The summed E-state index contributed by atoms with van der Waals surface area (Å²) < 4.78 is 0. The Kier molecular flexibility index (Phi) is 1.89. The van der Waals surface area contributed by atoms with Crippen LogP contribution in [-0.4, -0.2) is 24.5 Å². The maximum Gasteiger partial charge on any atom is 0.0703 e. The Morgan fingerprint density at radius 2 is 2.00 bits per heavy atom. The molecule has 0 amide bonds. The summed E-state index contributed by atoms with van der Waals surface area (Å²) in [6.07, 6.45) is 3.54. The minimum Gasteiger partial charge on any atom is -0.301 e. The van der Waals surface area contributed by atoms with Crippen molar-refractivity contribution in [2.75, 3.05) is 19.6 Å². The molecule has 2 heteroatoms. The number of nitrogens with zero attached hydrogens (tertiary/aromatic N) is 2. The summed E-state index contributed by atoms with van der Waals surface area (Å²) in [5.74, 6) is 0. The first-order valence-electron chi connectivity index (χ1n) is 5.19. The Morgan fingerprint density at radius 1 is 1.31 bits per heavy atom. The molecule has 1 aliphatic heterocycles. The largest absolute Gasteiger partial charge is 0.301 e. The fourth-order valence-electron chi connectivity index (χ4n) is 2.24. The topological polar surface area (TPSA) is 27.0 Å². The Balaban J connectivity index is 1.88. The van der Waals surface area contributed by atoms with Gasteiger partial charge < -0.3 is 4.90 Å². The Hall–Kier alpha value is -0.550. The molecule has 2 nitrogen and oxygen atoms in total. The van der Waals surface area contributed by atoms with Gasteiger partial charge in [-0.15, -0.1) is 0 Å². The molecule has 1 saturated carbocycles. The van der Waals surface area contributed by atoms with Crippen LogP contribution >= 0.6 is 0 Å². The van der Waals surface area contributed by atoms with Crippen molar-refractivity contribution in [3.63, 3.8) is 0 Å². The number of nitriles is 1. The average molecular weight is 178 g/mol. The van der Waals surface area contributed by atoms with Crippen molar-refractivity contribution < 1.29 is 0 Å². The molecule has 1 aliphatic carbocycles. The average Bonchev–Trinajstić information content (AvgIpc) is 2.74. The Labute approximate surface area is 80.5 Å². The van der Waals surface area contributed by atoms with E-state index in [1.54, 1.807) is 0 Å². The minimum absolute atomic E-state index is 0.0560. The smallest absolute Gasteiger partial charge is 0.0703 e. The second-order valence-electron chi connectivity index (χ2n) is 5.52. The van der Waals surface area contributed by atoms with Crippen LogP contribution in [0, 0.1) is 22.2 Å². The van der Waals surface area contributed by atoms with Crippen LogP contribution in [0.4, 0.5) is 0 Å². The summed E-state index contributed by atoms with van der Waals surface area (Å²) in [6, 6.07) is 2.46. The third kappa shape index (κ3) is 1.86. The molecule has 0 aromatic heterocycles. The highest BCUT2D eigenvalue weighted by molar-refractivity contribution is 5.11. The van der Waals surface area contributed by atoms with Crippen LogP contribution in [0.5, 0.6) is 0 Å². The van der Waals surface area contributed by atoms with Gasteiger partial charge in [0, 0.05) is 13.1 Å². The summed E-state index contributed by atoms with van der Waals surface area (Å²) in [5.41, 5.74) is 0.534. The third-order valence-corrected chi connectivity index (χ3v) is 3.37. The van der Waals surface area contributed by atoms with Gasteiger partial charge in [-0.2, -0.15) is 5.26 Å². The van der Waals surface area contributed by atoms with Gasteiger partial charge in [-0.05, 0) is 31.2 Å². The van der Waals surface area contributed by atoms with Crippen molar-refractivity contribution in [3.8, 4) is 6.07 Å². The molecule has 2 rings (SSSR count). The van der Waals surface area contributed by atoms with E-state index in [2.05, 4.69) is 24.8 Å². The summed E-state index contributed by atoms with van der Waals surface area (Å²) in [7, 11) is 0. The lowest BCUT2D eigenvalue weighted by molar-refractivity contribution is 0.262. The van der Waals surface area contributed by atoms with Crippen LogP contribution in [0.3, 0.4) is 0 Å². The van der Waals surface area contributed by atoms with E-state index >= 15 is 0 Å². The lowest BCUT2D eigenvalue weighted by Crippen LogP contribution is -2.29. The third-order valence-electron chi connectivity index (χ3n) is 3.37. The van der Waals surface area contributed by atoms with Gasteiger partial charge in [0.05, 0.1) is 11.5 Å². The molecule has 0 aromatic rings. The van der Waals surface area contributed by atoms with Gasteiger partial charge in [-0.1, -0.05) is 13.8 Å². The van der Waals surface area contributed by atoms with Gasteiger partial charge in [-0.25, -0.2) is 0 Å². The van der Waals surface area contributed by atoms with E-state index in [-0.39, 0.29) is 5.41 Å². The molecule has 1 saturated heterocycles. The lowest BCUT2D eigenvalue weighted by atomic mass is 9.93. The maximum absolute atomic E-state index is 8.97. The van der Waals surface area contributed by atoms with Crippen LogP contribution in [0.1, 0.15) is 33.1 Å². The van der Waals surface area contributed by atoms with Crippen molar-refractivity contribution in [3.05, 3.63) is 0 Å². The molecule has 2 fully saturated rings. The predicted octanol–water partition coefficient (Wildman–Crippen LogP) is 2.02. The number of rotatable bonds is 2. The second kappa shape index (κ2) is 2.72. The van der Waals surface area contributed by atoms with Crippen LogP contribution in [0.2, 0.25) is 0 Å². The van der Waals surface area contributed by atoms with E-state index in [0.29, 0.717) is 5.41 Å². The lowest BCUT2D eigenvalue weighted by Gasteiger charge is -2.21. The summed E-state index contributed by atoms with van der Waals surface area (Å²) >= 11 is 0. The monoisotopic (exact) mass is 178 g/mol. The molecule has 1 heterocycles. The van der Waals surface area contributed by atoms with Crippen molar-refractivity contribution in [2.24, 2.45) is 10.8 Å². The summed E-state index contributed by atoms with van der Waals surface area (Å²) in [6.45, 7) is 8.03. The highest BCUT2D eigenvalue weighted by atomic mass is 15.2. The van der Waals surface area contributed by atoms with Gasteiger partial charge in [0.25, 0.3) is 0 Å². The Morgan fingerprint density at radius 3 is 2.38 bits per heavy atom. The number of likely N-dealkylation sites (tertiary alicyclic amines) is 1. The van der Waals surface area contributed by atoms with Gasteiger partial charge in [-0.3, -0.25) is 0 Å². The summed E-state index contributed by atoms with van der Waals surface area (Å²) in [4.78, 5) is 2.47. The zero-order valence-corrected chi connectivity index (χ0v) is 8.64. The molecule has 72 valence electrons. The zero-order valence-electron chi connectivity index (χ0n) is 8.64. The van der Waals surface area contributed by atoms with Crippen LogP contribution in [0.25, 0.3) is 0 Å². The van der Waals surface area contributed by atoms with Gasteiger partial charge >= 0.3 is 0 Å². The van der Waals surface area contributed by atoms with Crippen LogP contribution in [0.15, 0.2) is 0 Å². The standard InChI is InChI=1S/C11H18N2/c1-10(2)5-6-13(8-10)9-11(7-12)3-4-11/h3-6,8-9H2,1-2H3. The minimum atomic E-state index is 0.0560. The molecular weight excluding hydrogens is 160 g/mol. The van der Waals surface area contributed by atoms with E-state index in [4.69, 9.17) is 5.26 Å². The number of hydrogen-bond acceptors (Lipinski definition) is 2. The number of hydrogen-bond donors (Lipinski definition) is 0. The van der Waals surface area contributed by atoms with Crippen molar-refractivity contribution in [1.82, 2.24) is 4.90 Å². The Bertz CT molecular complexity index is 245. The first kappa shape index (κ1) is 9.02. The second-order valence-corrected chi connectivity index (χ2v) is 5.52. The molecule has 13 heavy (non-hydrogen) atoms. The molecule has 0 aromatic carbocycles. The molecule has 0 atom stereocenters. The molecule has 0 radical (unpaired) electrons. The quantitative estimate of drug-likeness (QED) is 0.647. The van der Waals surface area contributed by atoms with Crippen molar-refractivity contribution in [2.45, 2.75) is 33.1 Å². The fraction of sp³-hybridized carbons (Fsp3) is 0.909. The SMILES string of the molecule is CC1(C)CCN(CC2(C#N)CC2)C1. The van der Waals surface area contributed by atoms with E-state index < -0.39 is 0 Å². The molecule has 0 unspecified atom stereocenters. The van der Waals surface area contributed by atoms with Gasteiger partial charge in [0.15, 0.2) is 0 Å². The van der Waals surface area contributed by atoms with Crippen molar-refractivity contribution in [1.29, 1.82) is 5.26 Å². The fourth-order valence-corrected chi connectivity index (χ4v) is 2.24. The first-order chi connectivity index (χ1) is 6.05. The first-order valence-corrected chi connectivity index (χ1v) is 5.19.